The van der Waals surface area contributed by atoms with Gasteiger partial charge in [0.15, 0.2) is 5.78 Å². The van der Waals surface area contributed by atoms with E-state index in [2.05, 4.69) is 0 Å². The third-order valence-electron chi connectivity index (χ3n) is 3.20. The highest BCUT2D eigenvalue weighted by atomic mass is 35.5. The molecule has 0 aliphatic carbocycles. The van der Waals surface area contributed by atoms with Crippen molar-refractivity contribution in [3.05, 3.63) is 70.3 Å². The molecule has 2 rings (SSSR count). The van der Waals surface area contributed by atoms with Gasteiger partial charge in [0.05, 0.1) is 13.5 Å². The van der Waals surface area contributed by atoms with Crippen LogP contribution < -0.4 is 4.74 Å². The number of carbonyl (C=O) groups is 2. The number of carboxylic acid groups (broad SMARTS) is 1. The molecular formula is C18H15ClO4. The zero-order chi connectivity index (χ0) is 16.8. The molecule has 1 N–H and O–H groups in total. The van der Waals surface area contributed by atoms with Gasteiger partial charge in [0, 0.05) is 16.1 Å². The fourth-order valence-corrected chi connectivity index (χ4v) is 2.20. The van der Waals surface area contributed by atoms with E-state index in [1.807, 2.05) is 0 Å². The molecule has 2 aromatic carbocycles. The topological polar surface area (TPSA) is 63.6 Å². The maximum atomic E-state index is 12.2. The normalized spacial score (nSPS) is 10.7. The summed E-state index contributed by atoms with van der Waals surface area (Å²) in [4.78, 5) is 23.1. The van der Waals surface area contributed by atoms with Crippen LogP contribution >= 0.6 is 11.6 Å². The Morgan fingerprint density at radius 1 is 1.17 bits per heavy atom. The number of allylic oxidation sites excluding steroid dienone is 1. The Morgan fingerprint density at radius 2 is 1.87 bits per heavy atom. The Bertz CT molecular complexity index is 748. The summed E-state index contributed by atoms with van der Waals surface area (Å²) in [6.45, 7) is 0. The summed E-state index contributed by atoms with van der Waals surface area (Å²) < 4.78 is 5.12. The van der Waals surface area contributed by atoms with E-state index in [1.165, 1.54) is 13.2 Å². The highest BCUT2D eigenvalue weighted by Gasteiger charge is 2.11. The summed E-state index contributed by atoms with van der Waals surface area (Å²) in [5, 5.41) is 9.55. The molecule has 5 heteroatoms. The number of hydrogen-bond acceptors (Lipinski definition) is 3. The number of aliphatic carboxylic acids is 1. The van der Waals surface area contributed by atoms with Crippen molar-refractivity contribution in [1.29, 1.82) is 0 Å². The van der Waals surface area contributed by atoms with Crippen LogP contribution in [0.25, 0.3) is 6.08 Å². The van der Waals surface area contributed by atoms with Gasteiger partial charge < -0.3 is 9.84 Å². The number of carboxylic acids is 1. The average molecular weight is 331 g/mol. The SMILES string of the molecule is COc1ccc(C(=O)/C=C/c2ccc(Cl)cc2)cc1CC(=O)O. The van der Waals surface area contributed by atoms with E-state index in [-0.39, 0.29) is 12.2 Å². The van der Waals surface area contributed by atoms with Crippen LogP contribution in [0, 0.1) is 0 Å². The Hall–Kier alpha value is -2.59. The smallest absolute Gasteiger partial charge is 0.307 e. The fourth-order valence-electron chi connectivity index (χ4n) is 2.07. The molecular weight excluding hydrogens is 316 g/mol. The summed E-state index contributed by atoms with van der Waals surface area (Å²) in [6.07, 6.45) is 2.92. The summed E-state index contributed by atoms with van der Waals surface area (Å²) in [5.41, 5.74) is 1.72. The van der Waals surface area contributed by atoms with Crippen molar-refractivity contribution in [1.82, 2.24) is 0 Å². The lowest BCUT2D eigenvalue weighted by Gasteiger charge is -2.07. The third kappa shape index (κ3) is 4.69. The van der Waals surface area contributed by atoms with Crippen LogP contribution in [0.15, 0.2) is 48.5 Å². The van der Waals surface area contributed by atoms with Crippen molar-refractivity contribution in [2.75, 3.05) is 7.11 Å². The standard InChI is InChI=1S/C18H15ClO4/c1-23-17-9-5-13(10-14(17)11-18(21)22)16(20)8-4-12-2-6-15(19)7-3-12/h2-10H,11H2,1H3,(H,21,22)/b8-4+. The molecule has 0 unspecified atom stereocenters. The van der Waals surface area contributed by atoms with Gasteiger partial charge in [-0.2, -0.15) is 0 Å². The quantitative estimate of drug-likeness (QED) is 0.645. The van der Waals surface area contributed by atoms with Crippen molar-refractivity contribution in [3.63, 3.8) is 0 Å². The molecule has 4 nitrogen and oxygen atoms in total. The lowest BCUT2D eigenvalue weighted by Crippen LogP contribution is -2.04. The average Bonchev–Trinajstić information content (AvgIpc) is 2.53. The number of ketones is 1. The van der Waals surface area contributed by atoms with Crippen molar-refractivity contribution in [3.8, 4) is 5.75 Å². The molecule has 0 aliphatic rings. The van der Waals surface area contributed by atoms with Crippen LogP contribution in [-0.4, -0.2) is 24.0 Å². The molecule has 0 fully saturated rings. The number of rotatable bonds is 6. The van der Waals surface area contributed by atoms with Crippen molar-refractivity contribution < 1.29 is 19.4 Å². The van der Waals surface area contributed by atoms with Gasteiger partial charge in [-0.05, 0) is 42.0 Å². The summed E-state index contributed by atoms with van der Waals surface area (Å²) in [7, 11) is 1.46. The molecule has 0 heterocycles. The van der Waals surface area contributed by atoms with E-state index >= 15 is 0 Å². The maximum Gasteiger partial charge on any atom is 0.307 e. The Kier molecular flexibility index (Phi) is 5.55. The Morgan fingerprint density at radius 3 is 2.48 bits per heavy atom. The summed E-state index contributed by atoms with van der Waals surface area (Å²) >= 11 is 5.81. The van der Waals surface area contributed by atoms with Crippen LogP contribution in [0.1, 0.15) is 21.5 Å². The maximum absolute atomic E-state index is 12.2. The Labute approximate surface area is 139 Å². The van der Waals surface area contributed by atoms with E-state index in [1.54, 1.807) is 48.5 Å². The number of halogens is 1. The second kappa shape index (κ2) is 7.61. The van der Waals surface area contributed by atoms with E-state index in [9.17, 15) is 9.59 Å². The van der Waals surface area contributed by atoms with Gasteiger partial charge in [-0.15, -0.1) is 0 Å². The minimum absolute atomic E-state index is 0.203. The molecule has 0 bridgehead atoms. The van der Waals surface area contributed by atoms with Crippen molar-refractivity contribution in [2.45, 2.75) is 6.42 Å². The second-order valence-corrected chi connectivity index (χ2v) is 5.28. The minimum Gasteiger partial charge on any atom is -0.496 e. The van der Waals surface area contributed by atoms with Gasteiger partial charge in [-0.1, -0.05) is 29.8 Å². The number of benzene rings is 2. The predicted molar refractivity (Wildman–Crippen MR) is 89.2 cm³/mol. The molecule has 0 saturated heterocycles. The lowest BCUT2D eigenvalue weighted by atomic mass is 10.0. The molecule has 0 spiro atoms. The number of carbonyl (C=O) groups excluding carboxylic acids is 1. The second-order valence-electron chi connectivity index (χ2n) is 4.85. The van der Waals surface area contributed by atoms with Crippen LogP contribution in [0.5, 0.6) is 5.75 Å². The lowest BCUT2D eigenvalue weighted by molar-refractivity contribution is -0.136. The van der Waals surface area contributed by atoms with E-state index in [0.29, 0.717) is 21.9 Å². The predicted octanol–water partition coefficient (Wildman–Crippen LogP) is 3.87. The fraction of sp³-hybridized carbons (Fsp3) is 0.111. The summed E-state index contributed by atoms with van der Waals surface area (Å²) in [6, 6.07) is 11.8. The highest BCUT2D eigenvalue weighted by Crippen LogP contribution is 2.21. The Balaban J connectivity index is 2.21. The van der Waals surface area contributed by atoms with Gasteiger partial charge >= 0.3 is 5.97 Å². The zero-order valence-electron chi connectivity index (χ0n) is 12.5. The molecule has 0 radical (unpaired) electrons. The monoisotopic (exact) mass is 330 g/mol. The number of hydrogen-bond donors (Lipinski definition) is 1. The van der Waals surface area contributed by atoms with Crippen LogP contribution in [0.3, 0.4) is 0 Å². The summed E-state index contributed by atoms with van der Waals surface area (Å²) in [5.74, 6) is -0.746. The van der Waals surface area contributed by atoms with Crippen molar-refractivity contribution >= 4 is 29.4 Å². The third-order valence-corrected chi connectivity index (χ3v) is 3.46. The van der Waals surface area contributed by atoms with E-state index < -0.39 is 5.97 Å². The molecule has 23 heavy (non-hydrogen) atoms. The van der Waals surface area contributed by atoms with Gasteiger partial charge in [0.25, 0.3) is 0 Å². The van der Waals surface area contributed by atoms with Crippen LogP contribution in [-0.2, 0) is 11.2 Å². The van der Waals surface area contributed by atoms with E-state index in [0.717, 1.165) is 5.56 Å². The molecule has 0 aromatic heterocycles. The first kappa shape index (κ1) is 16.8. The first-order valence-corrected chi connectivity index (χ1v) is 7.24. The van der Waals surface area contributed by atoms with E-state index in [4.69, 9.17) is 21.4 Å². The zero-order valence-corrected chi connectivity index (χ0v) is 13.2. The van der Waals surface area contributed by atoms with Gasteiger partial charge in [0.1, 0.15) is 5.75 Å². The highest BCUT2D eigenvalue weighted by molar-refractivity contribution is 6.30. The largest absolute Gasteiger partial charge is 0.496 e. The number of ether oxygens (including phenoxy) is 1. The molecule has 118 valence electrons. The molecule has 0 aliphatic heterocycles. The molecule has 0 amide bonds. The van der Waals surface area contributed by atoms with Gasteiger partial charge in [0.2, 0.25) is 0 Å². The minimum atomic E-state index is -0.982. The van der Waals surface area contributed by atoms with Crippen molar-refractivity contribution in [2.24, 2.45) is 0 Å². The van der Waals surface area contributed by atoms with Gasteiger partial charge in [-0.3, -0.25) is 9.59 Å². The van der Waals surface area contributed by atoms with Crippen LogP contribution in [0.2, 0.25) is 5.02 Å². The first-order valence-electron chi connectivity index (χ1n) is 6.86. The molecule has 0 saturated carbocycles. The molecule has 0 atom stereocenters. The number of methoxy groups -OCH3 is 1. The van der Waals surface area contributed by atoms with Crippen LogP contribution in [0.4, 0.5) is 0 Å². The molecule has 2 aromatic rings. The first-order chi connectivity index (χ1) is 11.0. The van der Waals surface area contributed by atoms with Gasteiger partial charge in [-0.25, -0.2) is 0 Å².